The quantitative estimate of drug-likeness (QED) is 0.445. The molecule has 2 atom stereocenters. The summed E-state index contributed by atoms with van der Waals surface area (Å²) in [5.41, 5.74) is 1.21. The molecular formula is C26H27ClN3O5S2+. The van der Waals surface area contributed by atoms with Crippen molar-refractivity contribution in [3.8, 4) is 10.4 Å². The summed E-state index contributed by atoms with van der Waals surface area (Å²) < 4.78 is 27.1. The second-order valence-corrected chi connectivity index (χ2v) is 13.0. The first-order chi connectivity index (χ1) is 17.8. The van der Waals surface area contributed by atoms with Gasteiger partial charge in [0, 0.05) is 4.88 Å². The standard InChI is InChI=1S/C26H26ClN3O5S2/c27-23-12-11-19(14-28-23)37(34,35)29-15-21(17-7-3-1-4-8-17)30(24(31)16-29)20-13-22(36-25(20)26(32)33)18-9-5-2-6-10-18/h2,5-6,9-14,17,21H,1,3-4,7-8,15-16H2,(H,32,33)/p+1/t21-/m0/s1. The number of carboxylic acid groups (broad SMARTS) is 1. The second-order valence-electron chi connectivity index (χ2n) is 9.47. The number of hydrogen-bond acceptors (Lipinski definition) is 6. The van der Waals surface area contributed by atoms with E-state index in [-0.39, 0.29) is 38.2 Å². The van der Waals surface area contributed by atoms with Gasteiger partial charge in [0.25, 0.3) is 5.91 Å². The van der Waals surface area contributed by atoms with Crippen LogP contribution in [-0.4, -0.2) is 49.5 Å². The summed E-state index contributed by atoms with van der Waals surface area (Å²) in [5, 5.41) is 10.2. The van der Waals surface area contributed by atoms with Gasteiger partial charge in [-0.2, -0.15) is 8.42 Å². The van der Waals surface area contributed by atoms with E-state index in [1.54, 1.807) is 11.0 Å². The molecule has 194 valence electrons. The molecule has 1 saturated heterocycles. The van der Waals surface area contributed by atoms with E-state index >= 15 is 0 Å². The predicted octanol–water partition coefficient (Wildman–Crippen LogP) is 3.73. The normalized spacial score (nSPS) is 21.2. The monoisotopic (exact) mass is 560 g/mol. The lowest BCUT2D eigenvalue weighted by Gasteiger charge is -2.42. The number of rotatable bonds is 6. The van der Waals surface area contributed by atoms with Gasteiger partial charge in [0.15, 0.2) is 6.54 Å². The number of amides is 1. The average molecular weight is 561 g/mol. The zero-order chi connectivity index (χ0) is 26.2. The molecule has 3 aromatic rings. The van der Waals surface area contributed by atoms with Gasteiger partial charge in [-0.3, -0.25) is 9.69 Å². The molecule has 11 heteroatoms. The molecule has 2 aromatic heterocycles. The number of thiophene rings is 1. The molecule has 2 fully saturated rings. The average Bonchev–Trinajstić information content (AvgIpc) is 3.35. The third-order valence-electron chi connectivity index (χ3n) is 7.19. The first-order valence-corrected chi connectivity index (χ1v) is 14.9. The van der Waals surface area contributed by atoms with Gasteiger partial charge in [-0.25, -0.2) is 14.1 Å². The van der Waals surface area contributed by atoms with Crippen LogP contribution in [0, 0.1) is 5.92 Å². The number of hydrogen-bond donors (Lipinski definition) is 2. The zero-order valence-electron chi connectivity index (χ0n) is 20.0. The third kappa shape index (κ3) is 5.16. The minimum atomic E-state index is -3.92. The van der Waals surface area contributed by atoms with Crippen molar-refractivity contribution in [1.82, 2.24) is 4.98 Å². The summed E-state index contributed by atoms with van der Waals surface area (Å²) in [6, 6.07) is 13.6. The molecule has 1 unspecified atom stereocenters. The van der Waals surface area contributed by atoms with Gasteiger partial charge in [0.1, 0.15) is 21.5 Å². The summed E-state index contributed by atoms with van der Waals surface area (Å²) in [6.07, 6.45) is 6.03. The molecule has 1 aliphatic heterocycles. The molecule has 0 bridgehead atoms. The molecule has 1 aliphatic carbocycles. The smallest absolute Gasteiger partial charge is 0.348 e. The molecule has 2 N–H and O–H groups in total. The van der Waals surface area contributed by atoms with Crippen molar-refractivity contribution >= 4 is 50.5 Å². The van der Waals surface area contributed by atoms with E-state index in [0.29, 0.717) is 5.69 Å². The van der Waals surface area contributed by atoms with Crippen molar-refractivity contribution in [3.05, 3.63) is 64.8 Å². The van der Waals surface area contributed by atoms with E-state index in [1.165, 1.54) is 18.3 Å². The highest BCUT2D eigenvalue weighted by Crippen LogP contribution is 2.40. The van der Waals surface area contributed by atoms with Crippen LogP contribution in [0.4, 0.5) is 5.69 Å². The van der Waals surface area contributed by atoms with Crippen LogP contribution in [0.15, 0.2) is 59.6 Å². The Morgan fingerprint density at radius 1 is 1.11 bits per heavy atom. The maximum Gasteiger partial charge on any atom is 0.348 e. The summed E-state index contributed by atoms with van der Waals surface area (Å²) >= 11 is 6.98. The van der Waals surface area contributed by atoms with Crippen LogP contribution in [0.5, 0.6) is 0 Å². The van der Waals surface area contributed by atoms with E-state index in [9.17, 15) is 23.1 Å². The molecule has 0 spiro atoms. The fourth-order valence-electron chi connectivity index (χ4n) is 5.40. The second kappa shape index (κ2) is 10.5. The Morgan fingerprint density at radius 3 is 2.49 bits per heavy atom. The van der Waals surface area contributed by atoms with Crippen molar-refractivity contribution in [2.24, 2.45) is 5.92 Å². The SMILES string of the molecule is O=C(O)c1sc(-c2ccccc2)cc1N1C(=O)C[NH+](S(=O)(=O)c2ccc(Cl)nc2)C[C@H]1C1CCCCC1. The molecule has 2 aliphatic rings. The number of aromatic nitrogens is 1. The van der Waals surface area contributed by atoms with Crippen molar-refractivity contribution in [2.75, 3.05) is 18.0 Å². The minimum absolute atomic E-state index is 0.00339. The number of benzene rings is 1. The Bertz CT molecular complexity index is 1400. The number of carbonyl (C=O) groups is 2. The fraction of sp³-hybridized carbons (Fsp3) is 0.346. The van der Waals surface area contributed by atoms with Gasteiger partial charge in [0.05, 0.1) is 17.9 Å². The van der Waals surface area contributed by atoms with E-state index < -0.39 is 27.9 Å². The highest BCUT2D eigenvalue weighted by molar-refractivity contribution is 7.85. The Morgan fingerprint density at radius 2 is 1.84 bits per heavy atom. The first kappa shape index (κ1) is 25.8. The lowest BCUT2D eigenvalue weighted by Crippen LogP contribution is -3.18. The summed E-state index contributed by atoms with van der Waals surface area (Å²) in [6.45, 7) is -0.138. The van der Waals surface area contributed by atoms with E-state index in [0.717, 1.165) is 53.9 Å². The van der Waals surface area contributed by atoms with Gasteiger partial charge in [-0.1, -0.05) is 61.2 Å². The van der Waals surface area contributed by atoms with Crippen molar-refractivity contribution in [2.45, 2.75) is 43.0 Å². The van der Waals surface area contributed by atoms with Crippen LogP contribution >= 0.6 is 22.9 Å². The van der Waals surface area contributed by atoms with Crippen LogP contribution in [0.1, 0.15) is 41.8 Å². The number of carboxylic acids is 1. The van der Waals surface area contributed by atoms with Gasteiger partial charge in [-0.05, 0) is 42.5 Å². The number of sulfonamides is 1. The topological polar surface area (TPSA) is 109 Å². The van der Waals surface area contributed by atoms with Gasteiger partial charge < -0.3 is 5.11 Å². The number of nitrogens with zero attached hydrogens (tertiary/aromatic N) is 2. The Labute approximate surface area is 224 Å². The lowest BCUT2D eigenvalue weighted by atomic mass is 9.82. The van der Waals surface area contributed by atoms with Crippen molar-refractivity contribution < 1.29 is 27.4 Å². The molecule has 1 amide bonds. The lowest BCUT2D eigenvalue weighted by molar-refractivity contribution is -0.763. The number of halogens is 1. The van der Waals surface area contributed by atoms with Crippen LogP contribution in [0.3, 0.4) is 0 Å². The van der Waals surface area contributed by atoms with Gasteiger partial charge in [0.2, 0.25) is 0 Å². The van der Waals surface area contributed by atoms with Gasteiger partial charge in [-0.15, -0.1) is 11.3 Å². The third-order valence-corrected chi connectivity index (χ3v) is 10.5. The number of piperazine rings is 1. The summed E-state index contributed by atoms with van der Waals surface area (Å²) in [5.74, 6) is -1.43. The maximum atomic E-state index is 13.7. The molecule has 1 saturated carbocycles. The van der Waals surface area contributed by atoms with Crippen LogP contribution in [-0.2, 0) is 14.8 Å². The maximum absolute atomic E-state index is 13.7. The summed E-state index contributed by atoms with van der Waals surface area (Å²) in [4.78, 5) is 32.3. The fourth-order valence-corrected chi connectivity index (χ4v) is 7.98. The molecule has 3 heterocycles. The predicted molar refractivity (Wildman–Crippen MR) is 142 cm³/mol. The van der Waals surface area contributed by atoms with Crippen LogP contribution < -0.4 is 9.21 Å². The Balaban J connectivity index is 1.56. The zero-order valence-corrected chi connectivity index (χ0v) is 22.4. The summed E-state index contributed by atoms with van der Waals surface area (Å²) in [7, 11) is -3.92. The number of carbonyl (C=O) groups excluding carboxylic acids is 1. The van der Waals surface area contributed by atoms with E-state index in [2.05, 4.69) is 4.98 Å². The number of aromatic carboxylic acids is 1. The van der Waals surface area contributed by atoms with Gasteiger partial charge >= 0.3 is 16.0 Å². The highest BCUT2D eigenvalue weighted by atomic mass is 35.5. The minimum Gasteiger partial charge on any atom is -0.477 e. The number of quaternary nitrogens is 1. The van der Waals surface area contributed by atoms with E-state index in [4.69, 9.17) is 11.6 Å². The number of nitrogens with one attached hydrogen (secondary N) is 1. The van der Waals surface area contributed by atoms with Crippen molar-refractivity contribution in [1.29, 1.82) is 0 Å². The molecule has 8 nitrogen and oxygen atoms in total. The molecule has 5 rings (SSSR count). The number of pyridine rings is 1. The molecule has 0 radical (unpaired) electrons. The van der Waals surface area contributed by atoms with Crippen LogP contribution in [0.25, 0.3) is 10.4 Å². The molecule has 37 heavy (non-hydrogen) atoms. The first-order valence-electron chi connectivity index (χ1n) is 12.2. The Kier molecular flexibility index (Phi) is 7.35. The highest BCUT2D eigenvalue weighted by Gasteiger charge is 2.47. The van der Waals surface area contributed by atoms with Crippen molar-refractivity contribution in [3.63, 3.8) is 0 Å². The molecule has 1 aromatic carbocycles. The largest absolute Gasteiger partial charge is 0.477 e. The molecular weight excluding hydrogens is 534 g/mol. The van der Waals surface area contributed by atoms with Crippen LogP contribution in [0.2, 0.25) is 5.15 Å². The Hall–Kier alpha value is -2.79. The number of anilines is 1. The van der Waals surface area contributed by atoms with E-state index in [1.807, 2.05) is 30.3 Å².